The van der Waals surface area contributed by atoms with Gasteiger partial charge in [-0.1, -0.05) is 59.3 Å². The first-order valence-corrected chi connectivity index (χ1v) is 43.9. The summed E-state index contributed by atoms with van der Waals surface area (Å²) < 4.78 is 75.2. The van der Waals surface area contributed by atoms with Gasteiger partial charge < -0.3 is 140 Å². The summed E-state index contributed by atoms with van der Waals surface area (Å²) in [4.78, 5) is 106. The Balaban J connectivity index is 1.28. The zero-order valence-electron chi connectivity index (χ0n) is 69.1. The lowest BCUT2D eigenvalue weighted by Gasteiger charge is -2.40. The van der Waals surface area contributed by atoms with Crippen molar-refractivity contribution in [3.63, 3.8) is 0 Å². The maximum Gasteiger partial charge on any atom is 0.327 e. The highest BCUT2D eigenvalue weighted by Crippen LogP contribution is 2.43. The number of amides is 7. The van der Waals surface area contributed by atoms with Gasteiger partial charge in [-0.15, -0.1) is 0 Å². The fourth-order valence-electron chi connectivity index (χ4n) is 13.7. The first kappa shape index (κ1) is 104. The number of rotatable bonds is 65. The van der Waals surface area contributed by atoms with Crippen LogP contribution >= 0.6 is 7.60 Å². The third kappa shape index (κ3) is 41.3. The van der Waals surface area contributed by atoms with E-state index in [2.05, 4.69) is 31.9 Å². The number of ketones is 1. The number of β-amino-alcohol motifs (C(OH)–C–C–N with tert-alkyl or cyclic N) is 1. The third-order valence-corrected chi connectivity index (χ3v) is 22.4. The van der Waals surface area contributed by atoms with Crippen molar-refractivity contribution in [3.8, 4) is 0 Å². The molecule has 16 N–H and O–H groups in total. The molecule has 0 aromatic carbocycles. The molecule has 0 aliphatic carbocycles. The number of hydrogen-bond acceptors (Lipinski definition) is 30. The van der Waals surface area contributed by atoms with Crippen molar-refractivity contribution >= 4 is 54.7 Å². The molecule has 0 radical (unpaired) electrons. The molecule has 0 aromatic rings. The standard InChI is InChI=1S/C78H142N7O30P/c1-53-69(98)72(101)59(46-86)113-75(53)109-37-17-14-24-62(91)79-31-20-34-82-65(94)28-40-106-50-78(44-57(89)23-12-10-8-6-7-9-11-13-27-68(97)85-45-58(90)43-56(85)49-112-116(5,104)105-4,51-107-41-29-66(95)83-35-21-32-80-63(92)25-15-18-38-110-76-54(2)70(99)73(102)60(47-87)114-76)52-108-42-30-67(96)84-36-22-33-81-64(93)26-16-19-39-111-77-55(3)71(100)74(103)61(48-88)115-77/h53-56,58-61,69-77,86-88,90,98-103H,6-52H2,1-5H3,(H,79,91)(H,80,92)(H,81,93)(H,82,94)(H,83,95)(H,84,96)/t53?,54?,55?,56-,58+,59?,60?,61?,69?,70?,71?,72?,73?,74?,75?,76?,77?,78?,116?/m0/s1. The fraction of sp³-hybridized carbons (Fsp3) is 0.897. The topological polar surface area (TPSA) is 533 Å². The molecule has 0 saturated carbocycles. The van der Waals surface area contributed by atoms with Gasteiger partial charge in [-0.2, -0.15) is 0 Å². The van der Waals surface area contributed by atoms with Crippen LogP contribution in [0.25, 0.3) is 0 Å². The molecule has 4 fully saturated rings. The molecule has 0 bridgehead atoms. The fourth-order valence-corrected chi connectivity index (χ4v) is 14.3. The number of nitrogens with zero attached hydrogens (tertiary/aromatic N) is 1. The van der Waals surface area contributed by atoms with Gasteiger partial charge in [0, 0.05) is 160 Å². The van der Waals surface area contributed by atoms with Crippen molar-refractivity contribution in [2.24, 2.45) is 23.2 Å². The smallest absolute Gasteiger partial charge is 0.327 e. The van der Waals surface area contributed by atoms with Gasteiger partial charge in [0.2, 0.25) is 41.4 Å². The number of unbranched alkanes of at least 4 members (excludes halogenated alkanes) is 10. The SMILES string of the molecule is COP(C)(=O)OC[C@@H]1C[C@@H](O)CN1C(=O)CCCCCCCCCCC(=O)CC(COCCC(=O)NCCCNC(=O)CCCCOC1OC(CO)C(O)C(O)C1C)(COCCC(=O)NCCCNC(=O)CCCCOC1OC(CO)C(O)C(O)C1C)COCCC(=O)NCCCNC(=O)CCCCOC1OC(CO)C(O)C(O)C1C. The summed E-state index contributed by atoms with van der Waals surface area (Å²) in [6.45, 7) is 6.91. The molecule has 4 aliphatic heterocycles. The molecule has 674 valence electrons. The van der Waals surface area contributed by atoms with Gasteiger partial charge in [0.1, 0.15) is 42.4 Å². The minimum absolute atomic E-state index is 0.00488. The number of ether oxygens (including phenoxy) is 9. The van der Waals surface area contributed by atoms with Gasteiger partial charge in [-0.05, 0) is 77.0 Å². The average Bonchev–Trinajstić information content (AvgIpc) is 1.41. The number of aliphatic hydroxyl groups is 10. The Labute approximate surface area is 683 Å². The van der Waals surface area contributed by atoms with E-state index in [1.807, 2.05) is 0 Å². The Kier molecular flexibility index (Phi) is 52.9. The minimum Gasteiger partial charge on any atom is -0.394 e. The van der Waals surface area contributed by atoms with Crippen LogP contribution in [-0.2, 0) is 94.6 Å². The van der Waals surface area contributed by atoms with Gasteiger partial charge in [0.05, 0.1) is 96.5 Å². The first-order chi connectivity index (χ1) is 55.6. The summed E-state index contributed by atoms with van der Waals surface area (Å²) in [7, 11) is -1.97. The van der Waals surface area contributed by atoms with Crippen LogP contribution in [0.1, 0.15) is 194 Å². The van der Waals surface area contributed by atoms with Crippen molar-refractivity contribution in [1.29, 1.82) is 0 Å². The number of hydrogen-bond donors (Lipinski definition) is 16. The molecule has 4 saturated heterocycles. The summed E-state index contributed by atoms with van der Waals surface area (Å²) in [5, 5.41) is 117. The molecule has 7 amide bonds. The van der Waals surface area contributed by atoms with E-state index >= 15 is 0 Å². The van der Waals surface area contributed by atoms with E-state index in [-0.39, 0.29) is 191 Å². The molecule has 37 nitrogen and oxygen atoms in total. The Bertz CT molecular complexity index is 2610. The maximum atomic E-state index is 14.2. The van der Waals surface area contributed by atoms with Gasteiger partial charge in [-0.3, -0.25) is 42.9 Å². The highest BCUT2D eigenvalue weighted by molar-refractivity contribution is 7.52. The molecule has 0 aromatic heterocycles. The lowest BCUT2D eigenvalue weighted by molar-refractivity contribution is -0.282. The second-order valence-corrected chi connectivity index (χ2v) is 33.3. The summed E-state index contributed by atoms with van der Waals surface area (Å²) in [5.74, 6) is -3.36. The van der Waals surface area contributed by atoms with Crippen molar-refractivity contribution in [3.05, 3.63) is 0 Å². The summed E-state index contributed by atoms with van der Waals surface area (Å²) in [6.07, 6.45) is -1.15. The quantitative estimate of drug-likeness (QED) is 0.0285. The Morgan fingerprint density at radius 2 is 0.724 bits per heavy atom. The van der Waals surface area contributed by atoms with E-state index in [0.717, 1.165) is 38.5 Å². The zero-order chi connectivity index (χ0) is 85.3. The van der Waals surface area contributed by atoms with Gasteiger partial charge >= 0.3 is 7.60 Å². The molecule has 18 atom stereocenters. The molecule has 0 spiro atoms. The van der Waals surface area contributed by atoms with E-state index in [9.17, 15) is 94.0 Å². The molecule has 4 aliphatic rings. The van der Waals surface area contributed by atoms with E-state index in [4.69, 9.17) is 51.7 Å². The molecule has 4 heterocycles. The average molecular weight is 1690 g/mol. The van der Waals surface area contributed by atoms with Crippen LogP contribution in [0.2, 0.25) is 0 Å². The Morgan fingerprint density at radius 1 is 0.414 bits per heavy atom. The van der Waals surface area contributed by atoms with Crippen LogP contribution in [-0.4, -0.2) is 335 Å². The lowest BCUT2D eigenvalue weighted by atomic mass is 9.84. The second-order valence-electron chi connectivity index (χ2n) is 31.1. The van der Waals surface area contributed by atoms with Crippen molar-refractivity contribution < 1.29 is 146 Å². The van der Waals surface area contributed by atoms with Crippen LogP contribution in [0.4, 0.5) is 0 Å². The van der Waals surface area contributed by atoms with Gasteiger partial charge in [0.15, 0.2) is 18.9 Å². The van der Waals surface area contributed by atoms with Crippen LogP contribution in [0.3, 0.4) is 0 Å². The van der Waals surface area contributed by atoms with E-state index in [1.54, 1.807) is 25.7 Å². The van der Waals surface area contributed by atoms with Crippen LogP contribution in [0.5, 0.6) is 0 Å². The highest BCUT2D eigenvalue weighted by Gasteiger charge is 2.45. The van der Waals surface area contributed by atoms with E-state index in [1.165, 1.54) is 13.8 Å². The third-order valence-electron chi connectivity index (χ3n) is 21.2. The molecular weight excluding hydrogens is 1550 g/mol. The largest absolute Gasteiger partial charge is 0.394 e. The van der Waals surface area contributed by atoms with Crippen LogP contribution in [0.15, 0.2) is 0 Å². The van der Waals surface area contributed by atoms with E-state index in [0.29, 0.717) is 103 Å². The number of carbonyl (C=O) groups is 8. The van der Waals surface area contributed by atoms with Crippen molar-refractivity contribution in [1.82, 2.24) is 36.8 Å². The Morgan fingerprint density at radius 3 is 1.05 bits per heavy atom. The van der Waals surface area contributed by atoms with Gasteiger partial charge in [0.25, 0.3) is 0 Å². The summed E-state index contributed by atoms with van der Waals surface area (Å²) >= 11 is 0. The van der Waals surface area contributed by atoms with Crippen LogP contribution < -0.4 is 31.9 Å². The zero-order valence-corrected chi connectivity index (χ0v) is 70.0. The second kappa shape index (κ2) is 59.2. The minimum atomic E-state index is -3.26. The molecule has 116 heavy (non-hydrogen) atoms. The van der Waals surface area contributed by atoms with Crippen molar-refractivity contribution in [2.45, 2.75) is 280 Å². The lowest BCUT2D eigenvalue weighted by Crippen LogP contribution is -2.55. The maximum absolute atomic E-state index is 14.2. The molecular formula is C78H142N7O30P. The summed E-state index contributed by atoms with van der Waals surface area (Å²) in [5.41, 5.74) is -1.16. The molecule has 38 heteroatoms. The number of likely N-dealkylation sites (tertiary alicyclic amines) is 1. The monoisotopic (exact) mass is 1690 g/mol. The van der Waals surface area contributed by atoms with Crippen LogP contribution in [0, 0.1) is 23.2 Å². The predicted octanol–water partition coefficient (Wildman–Crippen LogP) is 0.154. The first-order valence-electron chi connectivity index (χ1n) is 41.9. The predicted molar refractivity (Wildman–Crippen MR) is 419 cm³/mol. The highest BCUT2D eigenvalue weighted by atomic mass is 31.2. The van der Waals surface area contributed by atoms with Crippen molar-refractivity contribution in [2.75, 3.05) is 145 Å². The molecule has 4 rings (SSSR count). The Hall–Kier alpha value is -4.65. The number of aliphatic hydroxyl groups excluding tert-OH is 10. The molecule has 16 unspecified atom stereocenters. The normalized spacial score (nSPS) is 26.5. The van der Waals surface area contributed by atoms with E-state index < -0.39 is 137 Å². The number of Topliss-reactive ketones (excluding diaryl/α,β-unsaturated/α-hetero) is 1. The summed E-state index contributed by atoms with van der Waals surface area (Å²) in [6, 6.07) is -0.394. The number of carbonyl (C=O) groups excluding carboxylic acids is 8. The van der Waals surface area contributed by atoms with Gasteiger partial charge in [-0.25, -0.2) is 0 Å². The number of nitrogens with one attached hydrogen (secondary N) is 6.